The van der Waals surface area contributed by atoms with Crippen LogP contribution in [-0.2, 0) is 6.54 Å². The van der Waals surface area contributed by atoms with E-state index in [-0.39, 0.29) is 6.10 Å². The minimum absolute atomic E-state index is 0.0538. The Balaban J connectivity index is 1.30. The van der Waals surface area contributed by atoms with E-state index in [0.29, 0.717) is 22.8 Å². The van der Waals surface area contributed by atoms with Gasteiger partial charge in [0.05, 0.1) is 17.5 Å². The maximum absolute atomic E-state index is 10.4. The van der Waals surface area contributed by atoms with Crippen molar-refractivity contribution in [2.45, 2.75) is 110 Å². The van der Waals surface area contributed by atoms with Crippen molar-refractivity contribution in [3.05, 3.63) is 47.8 Å². The fourth-order valence-electron chi connectivity index (χ4n) is 9.56. The van der Waals surface area contributed by atoms with E-state index in [1.54, 1.807) is 0 Å². The lowest BCUT2D eigenvalue weighted by Crippen LogP contribution is -2.53. The highest BCUT2D eigenvalue weighted by molar-refractivity contribution is 5.35. The van der Waals surface area contributed by atoms with Gasteiger partial charge in [0.2, 0.25) is 0 Å². The molecule has 0 saturated heterocycles. The zero-order chi connectivity index (χ0) is 25.1. The first kappa shape index (κ1) is 24.7. The lowest BCUT2D eigenvalue weighted by atomic mass is 9.44. The van der Waals surface area contributed by atoms with Crippen LogP contribution in [0.2, 0.25) is 0 Å². The van der Waals surface area contributed by atoms with E-state index < -0.39 is 0 Å². The second-order valence-electron chi connectivity index (χ2n) is 13.6. The first-order valence-electron chi connectivity index (χ1n) is 14.8. The van der Waals surface area contributed by atoms with Gasteiger partial charge in [0.15, 0.2) is 0 Å². The minimum atomic E-state index is -0.0538. The van der Waals surface area contributed by atoms with Gasteiger partial charge in [0, 0.05) is 30.3 Å². The number of hydrogen-bond acceptors (Lipinski definition) is 3. The Morgan fingerprint density at radius 1 is 0.972 bits per heavy atom. The fourth-order valence-corrected chi connectivity index (χ4v) is 9.56. The standard InChI is InChI=1S/C32H47N3O/c1-21(2)33-19-22-20-35(24-8-6-5-7-9-24)34-30(22)29-13-12-27-26-11-10-23-18-25(36)14-16-31(23,3)28(26)15-17-32(27,29)4/h5-9,20-21,23,25-29,33,36H,10-19H2,1-4H3/t23?,25-,26-,27-,28-,29+,31-,32-/m0/s1. The van der Waals surface area contributed by atoms with Crippen molar-refractivity contribution < 1.29 is 5.11 Å². The van der Waals surface area contributed by atoms with Gasteiger partial charge in [-0.25, -0.2) is 4.68 Å². The number of nitrogens with one attached hydrogen (secondary N) is 1. The zero-order valence-electron chi connectivity index (χ0n) is 22.9. The lowest BCUT2D eigenvalue weighted by molar-refractivity contribution is -0.123. The smallest absolute Gasteiger partial charge is 0.0710 e. The summed E-state index contributed by atoms with van der Waals surface area (Å²) in [6, 6.07) is 11.1. The highest BCUT2D eigenvalue weighted by Crippen LogP contribution is 2.69. The van der Waals surface area contributed by atoms with Crippen LogP contribution in [-0.4, -0.2) is 27.0 Å². The van der Waals surface area contributed by atoms with E-state index in [4.69, 9.17) is 5.10 Å². The molecule has 2 aromatic rings. The van der Waals surface area contributed by atoms with Crippen LogP contribution in [0, 0.1) is 34.5 Å². The molecule has 4 aliphatic carbocycles. The number of aliphatic hydroxyl groups excluding tert-OH is 1. The van der Waals surface area contributed by atoms with Crippen molar-refractivity contribution in [2.75, 3.05) is 0 Å². The molecule has 0 spiro atoms. The Morgan fingerprint density at radius 3 is 2.50 bits per heavy atom. The van der Waals surface area contributed by atoms with Crippen LogP contribution >= 0.6 is 0 Å². The van der Waals surface area contributed by atoms with Gasteiger partial charge < -0.3 is 10.4 Å². The molecule has 0 aliphatic heterocycles. The summed E-state index contributed by atoms with van der Waals surface area (Å²) in [5.74, 6) is 3.82. The molecule has 36 heavy (non-hydrogen) atoms. The summed E-state index contributed by atoms with van der Waals surface area (Å²) >= 11 is 0. The van der Waals surface area contributed by atoms with Gasteiger partial charge in [0.1, 0.15) is 0 Å². The number of hydrogen-bond donors (Lipinski definition) is 2. The van der Waals surface area contributed by atoms with Crippen LogP contribution in [0.5, 0.6) is 0 Å². The Labute approximate surface area is 218 Å². The van der Waals surface area contributed by atoms with Gasteiger partial charge in [-0.1, -0.05) is 45.9 Å². The van der Waals surface area contributed by atoms with E-state index >= 15 is 0 Å². The van der Waals surface area contributed by atoms with Gasteiger partial charge >= 0.3 is 0 Å². The average Bonchev–Trinajstić information content (AvgIpc) is 3.44. The first-order valence-corrected chi connectivity index (χ1v) is 14.8. The van der Waals surface area contributed by atoms with Crippen LogP contribution < -0.4 is 5.32 Å². The molecule has 4 heteroatoms. The fraction of sp³-hybridized carbons (Fsp3) is 0.719. The minimum Gasteiger partial charge on any atom is -0.393 e. The van der Waals surface area contributed by atoms with E-state index in [2.05, 4.69) is 74.2 Å². The van der Waals surface area contributed by atoms with Gasteiger partial charge in [0.25, 0.3) is 0 Å². The third-order valence-electron chi connectivity index (χ3n) is 11.5. The van der Waals surface area contributed by atoms with Crippen LogP contribution in [0.4, 0.5) is 0 Å². The number of nitrogens with zero attached hydrogens (tertiary/aromatic N) is 2. The third kappa shape index (κ3) is 3.98. The van der Waals surface area contributed by atoms with E-state index in [1.165, 1.54) is 56.2 Å². The Bertz CT molecular complexity index is 1060. The quantitative estimate of drug-likeness (QED) is 0.482. The van der Waals surface area contributed by atoms with Gasteiger partial charge in [-0.15, -0.1) is 0 Å². The second-order valence-corrected chi connectivity index (χ2v) is 13.6. The molecule has 1 heterocycles. The number of aliphatic hydroxyl groups is 1. The van der Waals surface area contributed by atoms with Crippen LogP contribution in [0.3, 0.4) is 0 Å². The molecule has 2 N–H and O–H groups in total. The summed E-state index contributed by atoms with van der Waals surface area (Å²) < 4.78 is 2.13. The molecule has 0 bridgehead atoms. The Hall–Kier alpha value is -1.65. The normalized spacial score (nSPS) is 40.1. The monoisotopic (exact) mass is 489 g/mol. The topological polar surface area (TPSA) is 50.1 Å². The summed E-state index contributed by atoms with van der Waals surface area (Å²) in [6.45, 7) is 10.6. The van der Waals surface area contributed by atoms with Crippen LogP contribution in [0.15, 0.2) is 36.5 Å². The van der Waals surface area contributed by atoms with Crippen molar-refractivity contribution in [2.24, 2.45) is 34.5 Å². The number of aromatic nitrogens is 2. The first-order chi connectivity index (χ1) is 17.3. The van der Waals surface area contributed by atoms with Gasteiger partial charge in [-0.2, -0.15) is 5.10 Å². The zero-order valence-corrected chi connectivity index (χ0v) is 22.9. The van der Waals surface area contributed by atoms with Crippen LogP contribution in [0.1, 0.15) is 103 Å². The molecule has 4 nitrogen and oxygen atoms in total. The lowest BCUT2D eigenvalue weighted by Gasteiger charge is -2.61. The number of rotatable bonds is 5. The summed E-state index contributed by atoms with van der Waals surface area (Å²) in [5, 5.41) is 19.4. The Morgan fingerprint density at radius 2 is 1.72 bits per heavy atom. The number of benzene rings is 1. The number of fused-ring (bicyclic) bond motifs is 5. The van der Waals surface area contributed by atoms with Gasteiger partial charge in [-0.05, 0) is 104 Å². The summed E-state index contributed by atoms with van der Waals surface area (Å²) in [4.78, 5) is 0. The maximum atomic E-state index is 10.4. The second kappa shape index (κ2) is 9.27. The van der Waals surface area contributed by atoms with Crippen LogP contribution in [0.25, 0.3) is 5.69 Å². The highest BCUT2D eigenvalue weighted by Gasteiger charge is 2.60. The summed E-state index contributed by atoms with van der Waals surface area (Å²) in [5.41, 5.74) is 4.70. The maximum Gasteiger partial charge on any atom is 0.0710 e. The van der Waals surface area contributed by atoms with Crippen molar-refractivity contribution in [1.82, 2.24) is 15.1 Å². The Kier molecular flexibility index (Phi) is 6.36. The molecule has 8 atom stereocenters. The average molecular weight is 490 g/mol. The summed E-state index contributed by atoms with van der Waals surface area (Å²) in [7, 11) is 0. The molecular formula is C32H47N3O. The van der Waals surface area contributed by atoms with Crippen molar-refractivity contribution >= 4 is 0 Å². The largest absolute Gasteiger partial charge is 0.393 e. The SMILES string of the molecule is CC(C)NCc1cn(-c2ccccc2)nc1[C@H]1CC[C@H]2[C@@H]3CCC4C[C@@H](O)CC[C@]4(C)[C@H]3CC[C@]12C. The molecule has 0 amide bonds. The molecule has 1 aromatic heterocycles. The van der Waals surface area contributed by atoms with Crippen molar-refractivity contribution in [3.63, 3.8) is 0 Å². The van der Waals surface area contributed by atoms with E-state index in [0.717, 1.165) is 48.7 Å². The van der Waals surface area contributed by atoms with E-state index in [1.807, 2.05) is 0 Å². The van der Waals surface area contributed by atoms with Crippen molar-refractivity contribution in [1.29, 1.82) is 0 Å². The molecule has 6 rings (SSSR count). The third-order valence-corrected chi connectivity index (χ3v) is 11.5. The summed E-state index contributed by atoms with van der Waals surface area (Å²) in [6.07, 6.45) is 13.6. The van der Waals surface area contributed by atoms with E-state index in [9.17, 15) is 5.11 Å². The predicted molar refractivity (Wildman–Crippen MR) is 146 cm³/mol. The molecule has 4 aliphatic rings. The van der Waals surface area contributed by atoms with Crippen molar-refractivity contribution in [3.8, 4) is 5.69 Å². The predicted octanol–water partition coefficient (Wildman–Crippen LogP) is 6.86. The molecular weight excluding hydrogens is 442 g/mol. The molecule has 4 saturated carbocycles. The molecule has 1 unspecified atom stereocenters. The highest BCUT2D eigenvalue weighted by atomic mass is 16.3. The number of para-hydroxylation sites is 1. The molecule has 196 valence electrons. The molecule has 1 aromatic carbocycles. The molecule has 4 fully saturated rings. The van der Waals surface area contributed by atoms with Gasteiger partial charge in [-0.3, -0.25) is 0 Å². The molecule has 0 radical (unpaired) electrons.